The molecule has 1 aliphatic heterocycles. The van der Waals surface area contributed by atoms with Gasteiger partial charge in [-0.05, 0) is 25.0 Å². The van der Waals surface area contributed by atoms with Gasteiger partial charge in [-0.3, -0.25) is 14.2 Å². The first-order valence-electron chi connectivity index (χ1n) is 6.80. The highest BCUT2D eigenvalue weighted by Crippen LogP contribution is 2.20. The Morgan fingerprint density at radius 1 is 1.41 bits per heavy atom. The lowest BCUT2D eigenvalue weighted by atomic mass is 10.2. The van der Waals surface area contributed by atoms with Gasteiger partial charge in [0.05, 0.1) is 11.9 Å². The van der Waals surface area contributed by atoms with Crippen LogP contribution in [0, 0.1) is 0 Å². The molecule has 1 aliphatic rings. The van der Waals surface area contributed by atoms with Gasteiger partial charge >= 0.3 is 5.76 Å². The summed E-state index contributed by atoms with van der Waals surface area (Å²) in [4.78, 5) is 13.4. The van der Waals surface area contributed by atoms with Crippen LogP contribution in [-0.4, -0.2) is 37.0 Å². The molecule has 0 spiro atoms. The summed E-state index contributed by atoms with van der Waals surface area (Å²) in [5.41, 5.74) is 0.933. The van der Waals surface area contributed by atoms with Crippen molar-refractivity contribution in [2.45, 2.75) is 18.9 Å². The molecule has 9 heteroatoms. The number of nitrogens with zero attached hydrogens (tertiary/aromatic N) is 1. The summed E-state index contributed by atoms with van der Waals surface area (Å²) in [5.74, 6) is -0.498. The molecule has 2 aromatic rings. The molecule has 1 unspecified atom stereocenters. The zero-order valence-electron chi connectivity index (χ0n) is 11.6. The molecule has 0 aliphatic carbocycles. The van der Waals surface area contributed by atoms with E-state index in [4.69, 9.17) is 4.74 Å². The highest BCUT2D eigenvalue weighted by Gasteiger charge is 2.23. The molecule has 1 aromatic carbocycles. The fraction of sp³-hybridized carbons (Fsp3) is 0.385. The minimum absolute atomic E-state index is 0.0714. The van der Waals surface area contributed by atoms with E-state index in [0.717, 1.165) is 12.8 Å². The first-order chi connectivity index (χ1) is 10.5. The third-order valence-corrected chi connectivity index (χ3v) is 4.64. The first kappa shape index (κ1) is 14.8. The van der Waals surface area contributed by atoms with Crippen molar-refractivity contribution < 1.29 is 17.7 Å². The van der Waals surface area contributed by atoms with Crippen molar-refractivity contribution in [1.82, 2.24) is 10.1 Å². The molecule has 0 radical (unpaired) electrons. The third-order valence-electron chi connectivity index (χ3n) is 3.28. The maximum Gasteiger partial charge on any atom is 0.439 e. The summed E-state index contributed by atoms with van der Waals surface area (Å²) in [6.07, 6.45) is 1.38. The smallest absolute Gasteiger partial charge is 0.377 e. The van der Waals surface area contributed by atoms with E-state index in [2.05, 4.69) is 19.4 Å². The number of rotatable bonds is 5. The second-order valence-electron chi connectivity index (χ2n) is 5.04. The van der Waals surface area contributed by atoms with Gasteiger partial charge in [-0.1, -0.05) is 17.3 Å². The Morgan fingerprint density at radius 2 is 2.27 bits per heavy atom. The molecule has 1 saturated heterocycles. The zero-order chi connectivity index (χ0) is 15.6. The molecule has 3 rings (SSSR count). The summed E-state index contributed by atoms with van der Waals surface area (Å²) in [6, 6.07) is 6.54. The molecular weight excluding hydrogens is 310 g/mol. The highest BCUT2D eigenvalue weighted by atomic mass is 32.2. The van der Waals surface area contributed by atoms with Crippen molar-refractivity contribution in [3.05, 3.63) is 34.8 Å². The van der Waals surface area contributed by atoms with Crippen molar-refractivity contribution in [2.24, 2.45) is 0 Å². The average Bonchev–Trinajstić information content (AvgIpc) is 3.09. The maximum atomic E-state index is 12.1. The number of aromatic nitrogens is 2. The van der Waals surface area contributed by atoms with E-state index >= 15 is 0 Å². The lowest BCUT2D eigenvalue weighted by molar-refractivity contribution is 0.127. The Morgan fingerprint density at radius 3 is 2.95 bits per heavy atom. The minimum Gasteiger partial charge on any atom is -0.377 e. The van der Waals surface area contributed by atoms with Crippen LogP contribution in [0.1, 0.15) is 12.8 Å². The van der Waals surface area contributed by atoms with Gasteiger partial charge in [-0.15, -0.1) is 0 Å². The number of H-pyrrole nitrogens is 1. The van der Waals surface area contributed by atoms with Crippen LogP contribution in [0.15, 0.2) is 33.6 Å². The molecule has 2 N–H and O–H groups in total. The Bertz CT molecular complexity index is 805. The van der Waals surface area contributed by atoms with Crippen molar-refractivity contribution in [3.8, 4) is 11.4 Å². The zero-order valence-corrected chi connectivity index (χ0v) is 12.4. The van der Waals surface area contributed by atoms with Crippen LogP contribution in [0.5, 0.6) is 0 Å². The van der Waals surface area contributed by atoms with Gasteiger partial charge in [-0.2, -0.15) is 0 Å². The number of anilines is 1. The number of benzene rings is 1. The number of aromatic amines is 1. The predicted molar refractivity (Wildman–Crippen MR) is 78.9 cm³/mol. The average molecular weight is 325 g/mol. The summed E-state index contributed by atoms with van der Waals surface area (Å²) in [5, 5.41) is 3.57. The molecule has 2 heterocycles. The van der Waals surface area contributed by atoms with Crippen LogP contribution >= 0.6 is 0 Å². The topological polar surface area (TPSA) is 114 Å². The number of sulfonamides is 1. The molecule has 0 amide bonds. The second kappa shape index (κ2) is 5.93. The van der Waals surface area contributed by atoms with E-state index in [1.54, 1.807) is 24.3 Å². The van der Waals surface area contributed by atoms with Gasteiger partial charge in [-0.25, -0.2) is 13.2 Å². The van der Waals surface area contributed by atoms with E-state index in [-0.39, 0.29) is 17.7 Å². The molecule has 1 fully saturated rings. The van der Waals surface area contributed by atoms with Crippen LogP contribution in [-0.2, 0) is 14.8 Å². The summed E-state index contributed by atoms with van der Waals surface area (Å²) in [7, 11) is -3.50. The van der Waals surface area contributed by atoms with E-state index in [9.17, 15) is 13.2 Å². The highest BCUT2D eigenvalue weighted by molar-refractivity contribution is 7.92. The van der Waals surface area contributed by atoms with Gasteiger partial charge < -0.3 is 4.74 Å². The molecule has 0 bridgehead atoms. The van der Waals surface area contributed by atoms with E-state index < -0.39 is 15.8 Å². The number of nitrogens with one attached hydrogen (secondary N) is 2. The second-order valence-corrected chi connectivity index (χ2v) is 6.81. The Hall–Kier alpha value is -2.13. The van der Waals surface area contributed by atoms with Crippen molar-refractivity contribution in [1.29, 1.82) is 0 Å². The molecule has 118 valence electrons. The van der Waals surface area contributed by atoms with Crippen LogP contribution in [0.3, 0.4) is 0 Å². The van der Waals surface area contributed by atoms with Gasteiger partial charge in [0.2, 0.25) is 10.0 Å². The lowest BCUT2D eigenvalue weighted by Gasteiger charge is -2.12. The Labute approximate surface area is 126 Å². The Kier molecular flexibility index (Phi) is 3.99. The standard InChI is InChI=1S/C13H15N3O5S/c17-13-14-12(15-21-13)9-3-1-4-10(7-9)16-22(18,19)8-11-5-2-6-20-11/h1,3-4,7,11,16H,2,5-6,8H2,(H,14,15,17). The number of ether oxygens (including phenoxy) is 1. The van der Waals surface area contributed by atoms with E-state index in [0.29, 0.717) is 17.9 Å². The van der Waals surface area contributed by atoms with Crippen molar-refractivity contribution in [2.75, 3.05) is 17.1 Å². The van der Waals surface area contributed by atoms with Crippen LogP contribution in [0.2, 0.25) is 0 Å². The molecular formula is C13H15N3O5S. The summed E-state index contributed by atoms with van der Waals surface area (Å²) in [6.45, 7) is 0.606. The number of hydrogen-bond acceptors (Lipinski definition) is 6. The largest absolute Gasteiger partial charge is 0.439 e. The maximum absolute atomic E-state index is 12.1. The third kappa shape index (κ3) is 3.55. The van der Waals surface area contributed by atoms with Crippen LogP contribution < -0.4 is 10.5 Å². The fourth-order valence-corrected chi connectivity index (χ4v) is 3.65. The van der Waals surface area contributed by atoms with Crippen LogP contribution in [0.25, 0.3) is 11.4 Å². The number of hydrogen-bond donors (Lipinski definition) is 2. The van der Waals surface area contributed by atoms with Crippen molar-refractivity contribution in [3.63, 3.8) is 0 Å². The SMILES string of the molecule is O=c1[nH]c(-c2cccc(NS(=O)(=O)CC3CCCO3)c2)no1. The molecule has 1 aromatic heterocycles. The van der Waals surface area contributed by atoms with Crippen LogP contribution in [0.4, 0.5) is 5.69 Å². The van der Waals surface area contributed by atoms with Gasteiger partial charge in [0.1, 0.15) is 0 Å². The molecule has 22 heavy (non-hydrogen) atoms. The van der Waals surface area contributed by atoms with E-state index in [1.165, 1.54) is 0 Å². The fourth-order valence-electron chi connectivity index (χ4n) is 2.33. The minimum atomic E-state index is -3.50. The molecule has 1 atom stereocenters. The van der Waals surface area contributed by atoms with Crippen molar-refractivity contribution >= 4 is 15.7 Å². The van der Waals surface area contributed by atoms with Gasteiger partial charge in [0, 0.05) is 17.9 Å². The lowest BCUT2D eigenvalue weighted by Crippen LogP contribution is -2.25. The first-order valence-corrected chi connectivity index (χ1v) is 8.46. The van der Waals surface area contributed by atoms with Gasteiger partial charge in [0.25, 0.3) is 0 Å². The van der Waals surface area contributed by atoms with Gasteiger partial charge in [0.15, 0.2) is 5.82 Å². The Balaban J connectivity index is 1.76. The summed E-state index contributed by atoms with van der Waals surface area (Å²) < 4.78 is 36.5. The monoisotopic (exact) mass is 325 g/mol. The predicted octanol–water partition coefficient (Wildman–Crippen LogP) is 0.951. The van der Waals surface area contributed by atoms with E-state index in [1.807, 2.05) is 0 Å². The quantitative estimate of drug-likeness (QED) is 0.846. The molecule has 8 nitrogen and oxygen atoms in total. The molecule has 0 saturated carbocycles. The normalized spacial score (nSPS) is 18.5. The summed E-state index contributed by atoms with van der Waals surface area (Å²) >= 11 is 0.